The summed E-state index contributed by atoms with van der Waals surface area (Å²) in [5, 5.41) is 5.95. The standard InChI is InChI=1S/C22H21FN4O/c23-17-4-3-5-19(13-17)26-22(28)16-12-20(15-24-14-16)25-18-6-8-21(9-7-18)27-10-1-2-11-27/h3-9,12-15,25H,1-2,10-11H2,(H,26,28). The predicted octanol–water partition coefficient (Wildman–Crippen LogP) is 4.82. The number of pyridine rings is 1. The van der Waals surface area contributed by atoms with Crippen LogP contribution in [-0.4, -0.2) is 24.0 Å². The molecule has 6 heteroatoms. The molecule has 3 aromatic rings. The van der Waals surface area contributed by atoms with Crippen molar-refractivity contribution in [3.05, 3.63) is 78.4 Å². The van der Waals surface area contributed by atoms with Gasteiger partial charge in [0.2, 0.25) is 0 Å². The molecule has 0 radical (unpaired) electrons. The van der Waals surface area contributed by atoms with E-state index >= 15 is 0 Å². The first-order chi connectivity index (χ1) is 13.7. The second-order valence-corrected chi connectivity index (χ2v) is 6.79. The number of benzene rings is 2. The van der Waals surface area contributed by atoms with Gasteiger partial charge in [0.05, 0.1) is 17.4 Å². The molecule has 4 rings (SSSR count). The Morgan fingerprint density at radius 3 is 2.46 bits per heavy atom. The molecule has 2 aromatic carbocycles. The molecular formula is C22H21FN4O. The van der Waals surface area contributed by atoms with Crippen LogP contribution in [0.4, 0.5) is 27.1 Å². The van der Waals surface area contributed by atoms with Gasteiger partial charge in [-0.15, -0.1) is 0 Å². The molecule has 2 N–H and O–H groups in total. The van der Waals surface area contributed by atoms with E-state index < -0.39 is 5.82 Å². The summed E-state index contributed by atoms with van der Waals surface area (Å²) in [6.45, 7) is 2.22. The molecule has 142 valence electrons. The molecule has 1 saturated heterocycles. The van der Waals surface area contributed by atoms with E-state index in [1.165, 1.54) is 36.9 Å². The third-order valence-corrected chi connectivity index (χ3v) is 4.71. The van der Waals surface area contributed by atoms with Crippen LogP contribution in [0.1, 0.15) is 23.2 Å². The largest absolute Gasteiger partial charge is 0.372 e. The van der Waals surface area contributed by atoms with Crippen molar-refractivity contribution in [1.82, 2.24) is 4.98 Å². The van der Waals surface area contributed by atoms with Crippen LogP contribution in [0.2, 0.25) is 0 Å². The molecule has 1 fully saturated rings. The minimum atomic E-state index is -0.399. The molecule has 1 aliphatic rings. The number of anilines is 4. The number of halogens is 1. The van der Waals surface area contributed by atoms with E-state index in [0.29, 0.717) is 16.9 Å². The Balaban J connectivity index is 1.44. The Hall–Kier alpha value is -3.41. The van der Waals surface area contributed by atoms with Gasteiger partial charge in [0.25, 0.3) is 5.91 Å². The maximum Gasteiger partial charge on any atom is 0.257 e. The maximum atomic E-state index is 13.3. The zero-order chi connectivity index (χ0) is 19.3. The van der Waals surface area contributed by atoms with Crippen molar-refractivity contribution >= 4 is 28.7 Å². The number of nitrogens with one attached hydrogen (secondary N) is 2. The van der Waals surface area contributed by atoms with Gasteiger partial charge >= 0.3 is 0 Å². The van der Waals surface area contributed by atoms with E-state index in [0.717, 1.165) is 18.8 Å². The van der Waals surface area contributed by atoms with Gasteiger partial charge in [0.15, 0.2) is 0 Å². The fraction of sp³-hybridized carbons (Fsp3) is 0.182. The van der Waals surface area contributed by atoms with Crippen molar-refractivity contribution in [2.45, 2.75) is 12.8 Å². The lowest BCUT2D eigenvalue weighted by atomic mass is 10.2. The van der Waals surface area contributed by atoms with E-state index in [-0.39, 0.29) is 5.91 Å². The number of carbonyl (C=O) groups is 1. The van der Waals surface area contributed by atoms with E-state index in [9.17, 15) is 9.18 Å². The summed E-state index contributed by atoms with van der Waals surface area (Å²) < 4.78 is 13.3. The van der Waals surface area contributed by atoms with Crippen LogP contribution in [0, 0.1) is 5.82 Å². The van der Waals surface area contributed by atoms with Gasteiger partial charge in [-0.1, -0.05) is 6.07 Å². The highest BCUT2D eigenvalue weighted by Crippen LogP contribution is 2.24. The molecule has 1 aromatic heterocycles. The van der Waals surface area contributed by atoms with Crippen LogP contribution in [0.15, 0.2) is 67.0 Å². The number of carbonyl (C=O) groups excluding carboxylic acids is 1. The number of amides is 1. The summed E-state index contributed by atoms with van der Waals surface area (Å²) in [7, 11) is 0. The molecule has 1 amide bonds. The van der Waals surface area contributed by atoms with Gasteiger partial charge in [0, 0.05) is 36.3 Å². The van der Waals surface area contributed by atoms with Gasteiger partial charge in [0.1, 0.15) is 5.82 Å². The Morgan fingerprint density at radius 2 is 1.71 bits per heavy atom. The first-order valence-corrected chi connectivity index (χ1v) is 9.31. The number of hydrogen-bond donors (Lipinski definition) is 2. The summed E-state index contributed by atoms with van der Waals surface area (Å²) >= 11 is 0. The van der Waals surface area contributed by atoms with Crippen molar-refractivity contribution in [2.75, 3.05) is 28.6 Å². The quantitative estimate of drug-likeness (QED) is 0.670. The average Bonchev–Trinajstić information content (AvgIpc) is 3.24. The molecule has 0 atom stereocenters. The summed E-state index contributed by atoms with van der Waals surface area (Å²) in [4.78, 5) is 18.9. The van der Waals surface area contributed by atoms with Crippen molar-refractivity contribution in [3.8, 4) is 0 Å². The molecule has 0 bridgehead atoms. The minimum Gasteiger partial charge on any atom is -0.372 e. The Bertz CT molecular complexity index is 968. The van der Waals surface area contributed by atoms with Crippen LogP contribution < -0.4 is 15.5 Å². The Morgan fingerprint density at radius 1 is 0.929 bits per heavy atom. The van der Waals surface area contributed by atoms with Crippen LogP contribution in [0.25, 0.3) is 0 Å². The molecule has 0 saturated carbocycles. The third kappa shape index (κ3) is 4.28. The number of hydrogen-bond acceptors (Lipinski definition) is 4. The maximum absolute atomic E-state index is 13.3. The zero-order valence-electron chi connectivity index (χ0n) is 15.4. The summed E-state index contributed by atoms with van der Waals surface area (Å²) in [6, 6.07) is 15.7. The van der Waals surface area contributed by atoms with Gasteiger partial charge in [-0.25, -0.2) is 4.39 Å². The van der Waals surface area contributed by atoms with Crippen molar-refractivity contribution in [3.63, 3.8) is 0 Å². The SMILES string of the molecule is O=C(Nc1cccc(F)c1)c1cncc(Nc2ccc(N3CCCC3)cc2)c1. The highest BCUT2D eigenvalue weighted by Gasteiger charge is 2.12. The molecule has 2 heterocycles. The van der Waals surface area contributed by atoms with Crippen LogP contribution in [0.3, 0.4) is 0 Å². The van der Waals surface area contributed by atoms with Gasteiger partial charge < -0.3 is 15.5 Å². The van der Waals surface area contributed by atoms with Crippen LogP contribution in [0.5, 0.6) is 0 Å². The topological polar surface area (TPSA) is 57.3 Å². The van der Waals surface area contributed by atoms with Gasteiger partial charge in [-0.3, -0.25) is 9.78 Å². The lowest BCUT2D eigenvalue weighted by molar-refractivity contribution is 0.102. The van der Waals surface area contributed by atoms with E-state index in [1.54, 1.807) is 24.4 Å². The highest BCUT2D eigenvalue weighted by molar-refractivity contribution is 6.04. The van der Waals surface area contributed by atoms with Crippen LogP contribution >= 0.6 is 0 Å². The smallest absolute Gasteiger partial charge is 0.257 e. The minimum absolute atomic E-state index is 0.342. The second-order valence-electron chi connectivity index (χ2n) is 6.79. The molecule has 0 spiro atoms. The first-order valence-electron chi connectivity index (χ1n) is 9.31. The highest BCUT2D eigenvalue weighted by atomic mass is 19.1. The van der Waals surface area contributed by atoms with E-state index in [2.05, 4.69) is 32.7 Å². The summed E-state index contributed by atoms with van der Waals surface area (Å²) in [6.07, 6.45) is 5.63. The predicted molar refractivity (Wildman–Crippen MR) is 110 cm³/mol. The second kappa shape index (κ2) is 8.08. The zero-order valence-corrected chi connectivity index (χ0v) is 15.4. The van der Waals surface area contributed by atoms with E-state index in [1.807, 2.05) is 12.1 Å². The van der Waals surface area contributed by atoms with E-state index in [4.69, 9.17) is 0 Å². The van der Waals surface area contributed by atoms with Crippen molar-refractivity contribution < 1.29 is 9.18 Å². The van der Waals surface area contributed by atoms with Gasteiger partial charge in [-0.05, 0) is 61.4 Å². The van der Waals surface area contributed by atoms with Gasteiger partial charge in [-0.2, -0.15) is 0 Å². The average molecular weight is 376 g/mol. The fourth-order valence-corrected chi connectivity index (χ4v) is 3.30. The van der Waals surface area contributed by atoms with Crippen molar-refractivity contribution in [1.29, 1.82) is 0 Å². The Labute approximate surface area is 163 Å². The molecule has 5 nitrogen and oxygen atoms in total. The first kappa shape index (κ1) is 18.0. The monoisotopic (exact) mass is 376 g/mol. The van der Waals surface area contributed by atoms with Crippen LogP contribution in [-0.2, 0) is 0 Å². The summed E-state index contributed by atoms with van der Waals surface area (Å²) in [5.74, 6) is -0.741. The normalized spacial score (nSPS) is 13.4. The molecule has 1 aliphatic heterocycles. The Kier molecular flexibility index (Phi) is 5.19. The number of nitrogens with zero attached hydrogens (tertiary/aromatic N) is 2. The third-order valence-electron chi connectivity index (χ3n) is 4.71. The molecule has 0 aliphatic carbocycles. The lowest BCUT2D eigenvalue weighted by Gasteiger charge is -2.18. The number of rotatable bonds is 5. The van der Waals surface area contributed by atoms with Crippen molar-refractivity contribution in [2.24, 2.45) is 0 Å². The molecular weight excluding hydrogens is 355 g/mol. The fourth-order valence-electron chi connectivity index (χ4n) is 3.30. The molecule has 0 unspecified atom stereocenters. The molecule has 28 heavy (non-hydrogen) atoms. The number of aromatic nitrogens is 1. The lowest BCUT2D eigenvalue weighted by Crippen LogP contribution is -2.17. The summed E-state index contributed by atoms with van der Waals surface area (Å²) in [5.41, 5.74) is 3.65.